The number of hydrogen-bond donors (Lipinski definition) is 1. The van der Waals surface area contributed by atoms with E-state index in [0.29, 0.717) is 12.4 Å². The molecule has 220 valence electrons. The number of rotatable bonds is 12. The summed E-state index contributed by atoms with van der Waals surface area (Å²) in [6, 6.07) is 22.7. The first-order valence-corrected chi connectivity index (χ1v) is 16.0. The molecule has 0 bridgehead atoms. The van der Waals surface area contributed by atoms with Crippen LogP contribution in [0.3, 0.4) is 0 Å². The van der Waals surface area contributed by atoms with Crippen molar-refractivity contribution in [3.05, 3.63) is 94.5 Å². The van der Waals surface area contributed by atoms with Crippen molar-refractivity contribution >= 4 is 43.5 Å². The molecule has 41 heavy (non-hydrogen) atoms. The Kier molecular flexibility index (Phi) is 11.0. The first-order valence-electron chi connectivity index (χ1n) is 13.4. The molecule has 3 rings (SSSR count). The van der Waals surface area contributed by atoms with Gasteiger partial charge in [-0.2, -0.15) is 0 Å². The smallest absolute Gasteiger partial charge is 0.244 e. The van der Waals surface area contributed by atoms with Crippen LogP contribution in [0, 0.1) is 0 Å². The third kappa shape index (κ3) is 9.60. The van der Waals surface area contributed by atoms with E-state index >= 15 is 0 Å². The predicted molar refractivity (Wildman–Crippen MR) is 166 cm³/mol. The Morgan fingerprint density at radius 3 is 2.20 bits per heavy atom. The molecule has 0 aliphatic carbocycles. The summed E-state index contributed by atoms with van der Waals surface area (Å²) in [4.78, 5) is 29.5. The van der Waals surface area contributed by atoms with Crippen LogP contribution in [0.5, 0.6) is 5.75 Å². The van der Waals surface area contributed by atoms with Gasteiger partial charge >= 0.3 is 0 Å². The number of nitrogens with zero attached hydrogens (tertiary/aromatic N) is 2. The lowest BCUT2D eigenvalue weighted by Gasteiger charge is -2.35. The summed E-state index contributed by atoms with van der Waals surface area (Å²) >= 11 is 3.48. The Hall–Kier alpha value is -3.37. The largest absolute Gasteiger partial charge is 0.492 e. The fraction of sp³-hybridized carbons (Fsp3) is 0.355. The molecule has 1 unspecified atom stereocenters. The molecule has 10 heteroatoms. The second-order valence-corrected chi connectivity index (χ2v) is 13.6. The second-order valence-electron chi connectivity index (χ2n) is 10.8. The SMILES string of the molecule is CCOc1ccccc1N(CC(=O)N(Cc1cccc(Br)c1)C(Cc1ccccc1)C(=O)NC(C)(C)C)S(C)(=O)=O. The van der Waals surface area contributed by atoms with E-state index in [4.69, 9.17) is 4.74 Å². The molecule has 0 fully saturated rings. The van der Waals surface area contributed by atoms with Gasteiger partial charge in [-0.3, -0.25) is 13.9 Å². The molecule has 1 atom stereocenters. The number of sulfonamides is 1. The van der Waals surface area contributed by atoms with Crippen molar-refractivity contribution in [1.82, 2.24) is 10.2 Å². The molecule has 8 nitrogen and oxygen atoms in total. The van der Waals surface area contributed by atoms with Crippen LogP contribution in [-0.2, 0) is 32.6 Å². The van der Waals surface area contributed by atoms with E-state index in [0.717, 1.165) is 26.2 Å². The van der Waals surface area contributed by atoms with Crippen LogP contribution in [0.1, 0.15) is 38.8 Å². The van der Waals surface area contributed by atoms with Crippen molar-refractivity contribution in [2.45, 2.75) is 52.2 Å². The zero-order valence-corrected chi connectivity index (χ0v) is 26.5. The van der Waals surface area contributed by atoms with Gasteiger partial charge in [-0.25, -0.2) is 8.42 Å². The molecule has 0 spiro atoms. The Morgan fingerprint density at radius 1 is 0.951 bits per heavy atom. The van der Waals surface area contributed by atoms with Gasteiger partial charge in [-0.1, -0.05) is 70.5 Å². The number of halogens is 1. The quantitative estimate of drug-likeness (QED) is 0.294. The van der Waals surface area contributed by atoms with Crippen LogP contribution in [0.15, 0.2) is 83.3 Å². The van der Waals surface area contributed by atoms with Crippen LogP contribution in [-0.4, -0.2) is 56.1 Å². The molecule has 2 amide bonds. The number of carbonyl (C=O) groups is 2. The van der Waals surface area contributed by atoms with Crippen LogP contribution in [0.2, 0.25) is 0 Å². The summed E-state index contributed by atoms with van der Waals surface area (Å²) < 4.78 is 33.6. The molecule has 3 aromatic carbocycles. The van der Waals surface area contributed by atoms with Crippen molar-refractivity contribution in [3.8, 4) is 5.75 Å². The third-order valence-electron chi connectivity index (χ3n) is 6.12. The summed E-state index contributed by atoms with van der Waals surface area (Å²) in [5, 5.41) is 3.02. The minimum absolute atomic E-state index is 0.0953. The highest BCUT2D eigenvalue weighted by atomic mass is 79.9. The Labute approximate surface area is 251 Å². The van der Waals surface area contributed by atoms with Crippen molar-refractivity contribution in [1.29, 1.82) is 0 Å². The first kappa shape index (κ1) is 32.1. The maximum Gasteiger partial charge on any atom is 0.244 e. The van der Waals surface area contributed by atoms with Gasteiger partial charge < -0.3 is 15.0 Å². The number of anilines is 1. The van der Waals surface area contributed by atoms with E-state index in [2.05, 4.69) is 21.2 Å². The summed E-state index contributed by atoms with van der Waals surface area (Å²) in [6.07, 6.45) is 1.30. The number of carbonyl (C=O) groups excluding carboxylic acids is 2. The van der Waals surface area contributed by atoms with Gasteiger partial charge in [0.2, 0.25) is 21.8 Å². The fourth-order valence-electron chi connectivity index (χ4n) is 4.37. The molecule has 1 N–H and O–H groups in total. The molecular formula is C31H38BrN3O5S. The number of hydrogen-bond acceptors (Lipinski definition) is 5. The van der Waals surface area contributed by atoms with Crippen molar-refractivity contribution in [2.75, 3.05) is 23.7 Å². The highest BCUT2D eigenvalue weighted by Gasteiger charge is 2.34. The monoisotopic (exact) mass is 643 g/mol. The molecule has 0 saturated carbocycles. The molecule has 0 heterocycles. The standard InChI is InChI=1S/C31H38BrN3O5S/c1-6-40-28-18-11-10-17-26(28)35(41(5,38)39)22-29(36)34(21-24-15-12-16-25(32)19-24)27(30(37)33-31(2,3)4)20-23-13-8-7-9-14-23/h7-19,27H,6,20-22H2,1-5H3,(H,33,37). The van der Waals surface area contributed by atoms with Gasteiger partial charge in [-0.15, -0.1) is 0 Å². The lowest BCUT2D eigenvalue weighted by atomic mass is 10.0. The topological polar surface area (TPSA) is 96.0 Å². The maximum absolute atomic E-state index is 14.2. The second kappa shape index (κ2) is 14.0. The van der Waals surface area contributed by atoms with Crippen LogP contribution in [0.25, 0.3) is 0 Å². The first-order chi connectivity index (χ1) is 19.3. The summed E-state index contributed by atoms with van der Waals surface area (Å²) in [5.41, 5.74) is 1.36. The fourth-order valence-corrected chi connectivity index (χ4v) is 5.67. The highest BCUT2D eigenvalue weighted by molar-refractivity contribution is 9.10. The van der Waals surface area contributed by atoms with Gasteiger partial charge in [0.15, 0.2) is 0 Å². The number of ether oxygens (including phenoxy) is 1. The Bertz CT molecular complexity index is 1440. The van der Waals surface area contributed by atoms with Gasteiger partial charge in [0.05, 0.1) is 18.6 Å². The summed E-state index contributed by atoms with van der Waals surface area (Å²) in [6.45, 7) is 7.34. The van der Waals surface area contributed by atoms with Gasteiger partial charge in [0.25, 0.3) is 0 Å². The number of nitrogens with one attached hydrogen (secondary N) is 1. The summed E-state index contributed by atoms with van der Waals surface area (Å²) in [5.74, 6) is -0.505. The Balaban J connectivity index is 2.10. The minimum Gasteiger partial charge on any atom is -0.492 e. The number of benzene rings is 3. The highest BCUT2D eigenvalue weighted by Crippen LogP contribution is 2.30. The molecule has 3 aromatic rings. The molecule has 0 aliphatic rings. The van der Waals surface area contributed by atoms with E-state index in [1.165, 1.54) is 4.90 Å². The van der Waals surface area contributed by atoms with Crippen LogP contribution >= 0.6 is 15.9 Å². The zero-order chi connectivity index (χ0) is 30.2. The van der Waals surface area contributed by atoms with E-state index < -0.39 is 34.1 Å². The van der Waals surface area contributed by atoms with Crippen molar-refractivity contribution in [2.24, 2.45) is 0 Å². The van der Waals surface area contributed by atoms with Crippen LogP contribution in [0.4, 0.5) is 5.69 Å². The predicted octanol–water partition coefficient (Wildman–Crippen LogP) is 5.17. The number of amides is 2. The average molecular weight is 645 g/mol. The van der Waals surface area contributed by atoms with Crippen molar-refractivity contribution in [3.63, 3.8) is 0 Å². The van der Waals surface area contributed by atoms with E-state index in [1.54, 1.807) is 31.2 Å². The summed E-state index contributed by atoms with van der Waals surface area (Å²) in [7, 11) is -3.90. The zero-order valence-electron chi connectivity index (χ0n) is 24.1. The van der Waals surface area contributed by atoms with Crippen molar-refractivity contribution < 1.29 is 22.7 Å². The van der Waals surface area contributed by atoms with E-state index in [1.807, 2.05) is 75.4 Å². The van der Waals surface area contributed by atoms with E-state index in [-0.39, 0.29) is 24.6 Å². The lowest BCUT2D eigenvalue weighted by Crippen LogP contribution is -2.56. The average Bonchev–Trinajstić information content (AvgIpc) is 2.89. The maximum atomic E-state index is 14.2. The minimum atomic E-state index is -3.90. The number of para-hydroxylation sites is 2. The lowest BCUT2D eigenvalue weighted by molar-refractivity contribution is -0.140. The molecule has 0 radical (unpaired) electrons. The normalized spacial score (nSPS) is 12.3. The Morgan fingerprint density at radius 2 is 1.59 bits per heavy atom. The van der Waals surface area contributed by atoms with E-state index in [9.17, 15) is 18.0 Å². The molecule has 0 aromatic heterocycles. The van der Waals surface area contributed by atoms with Gasteiger partial charge in [0, 0.05) is 23.0 Å². The third-order valence-corrected chi connectivity index (χ3v) is 7.74. The van der Waals surface area contributed by atoms with Gasteiger partial charge in [-0.05, 0) is 63.1 Å². The van der Waals surface area contributed by atoms with Crippen LogP contribution < -0.4 is 14.4 Å². The molecule has 0 aliphatic heterocycles. The van der Waals surface area contributed by atoms with Gasteiger partial charge in [0.1, 0.15) is 18.3 Å². The molecular weight excluding hydrogens is 606 g/mol. The molecule has 0 saturated heterocycles.